The Kier molecular flexibility index (Phi) is 6.62. The first-order chi connectivity index (χ1) is 9.74. The van der Waals surface area contributed by atoms with Crippen LogP contribution in [0, 0.1) is 0 Å². The van der Waals surface area contributed by atoms with E-state index in [-0.39, 0.29) is 23.5 Å². The summed E-state index contributed by atoms with van der Waals surface area (Å²) in [5, 5.41) is 3.05. The van der Waals surface area contributed by atoms with Gasteiger partial charge < -0.3 is 10.1 Å². The lowest BCUT2D eigenvalue weighted by Crippen LogP contribution is -2.53. The molecule has 2 atom stereocenters. The van der Waals surface area contributed by atoms with Crippen molar-refractivity contribution in [3.8, 4) is 0 Å². The quantitative estimate of drug-likeness (QED) is 0.715. The number of rotatable bonds is 6. The zero-order valence-electron chi connectivity index (χ0n) is 13.5. The Balaban J connectivity index is 2.69. The van der Waals surface area contributed by atoms with Crippen LogP contribution in [0.4, 0.5) is 0 Å². The van der Waals surface area contributed by atoms with Gasteiger partial charge in [-0.05, 0) is 47.2 Å². The van der Waals surface area contributed by atoms with Crippen molar-refractivity contribution in [2.75, 3.05) is 38.2 Å². The molecule has 0 aromatic heterocycles. The van der Waals surface area contributed by atoms with E-state index in [0.717, 1.165) is 6.54 Å². The Morgan fingerprint density at radius 3 is 2.62 bits per heavy atom. The Hall–Kier alpha value is -0.660. The summed E-state index contributed by atoms with van der Waals surface area (Å²) >= 11 is 0. The van der Waals surface area contributed by atoms with Crippen molar-refractivity contribution in [3.63, 3.8) is 0 Å². The average Bonchev–Trinajstić information content (AvgIpc) is 2.59. The van der Waals surface area contributed by atoms with Crippen LogP contribution in [-0.2, 0) is 19.4 Å². The zero-order chi connectivity index (χ0) is 16.1. The number of hydrogen-bond acceptors (Lipinski definition) is 6. The van der Waals surface area contributed by atoms with Crippen molar-refractivity contribution >= 4 is 15.8 Å². The molecule has 0 aromatic carbocycles. The molecule has 1 heterocycles. The number of esters is 1. The summed E-state index contributed by atoms with van der Waals surface area (Å²) in [4.78, 5) is 14.2. The van der Waals surface area contributed by atoms with Gasteiger partial charge in [-0.1, -0.05) is 0 Å². The van der Waals surface area contributed by atoms with Crippen LogP contribution in [0.1, 0.15) is 33.6 Å². The number of carbonyl (C=O) groups excluding carboxylic acids is 1. The van der Waals surface area contributed by atoms with Crippen molar-refractivity contribution in [1.29, 1.82) is 0 Å². The van der Waals surface area contributed by atoms with Crippen molar-refractivity contribution in [2.45, 2.75) is 45.2 Å². The number of nitrogens with one attached hydrogen (secondary N) is 1. The molecule has 0 aromatic rings. The van der Waals surface area contributed by atoms with Gasteiger partial charge in [0.25, 0.3) is 0 Å². The molecule has 1 rings (SSSR count). The topological polar surface area (TPSA) is 75.7 Å². The number of hydrogen-bond donors (Lipinski definition) is 1. The lowest BCUT2D eigenvalue weighted by molar-refractivity contribution is -0.151. The van der Waals surface area contributed by atoms with E-state index in [0.29, 0.717) is 26.0 Å². The minimum atomic E-state index is -2.91. The van der Waals surface area contributed by atoms with E-state index in [1.54, 1.807) is 14.0 Å². The fourth-order valence-electron chi connectivity index (χ4n) is 2.70. The molecule has 1 N–H and O–H groups in total. The highest BCUT2D eigenvalue weighted by Crippen LogP contribution is 2.19. The van der Waals surface area contributed by atoms with Gasteiger partial charge in [0.15, 0.2) is 9.84 Å². The molecule has 1 saturated heterocycles. The molecule has 124 valence electrons. The van der Waals surface area contributed by atoms with E-state index in [1.807, 2.05) is 13.8 Å². The fourth-order valence-corrected chi connectivity index (χ4v) is 3.98. The predicted octanol–water partition coefficient (Wildman–Crippen LogP) is 0.427. The standard InChI is InChI=1S/C14H28N2O4S/c1-5-20-13(17)14(3,15-4)11-12(2)16-7-6-9-21(18,19)10-8-16/h12,15H,5-11H2,1-4H3. The fraction of sp³-hybridized carbons (Fsp3) is 0.929. The van der Waals surface area contributed by atoms with E-state index < -0.39 is 15.4 Å². The molecule has 0 spiro atoms. The summed E-state index contributed by atoms with van der Waals surface area (Å²) in [5.74, 6) is 0.200. The van der Waals surface area contributed by atoms with Gasteiger partial charge in [0.1, 0.15) is 5.54 Å². The second-order valence-corrected chi connectivity index (χ2v) is 8.20. The van der Waals surface area contributed by atoms with E-state index in [9.17, 15) is 13.2 Å². The first-order valence-corrected chi connectivity index (χ1v) is 9.37. The van der Waals surface area contributed by atoms with Gasteiger partial charge in [-0.25, -0.2) is 8.42 Å². The number of ether oxygens (including phenoxy) is 1. The Morgan fingerprint density at radius 1 is 1.38 bits per heavy atom. The molecule has 0 saturated carbocycles. The Morgan fingerprint density at radius 2 is 2.05 bits per heavy atom. The largest absolute Gasteiger partial charge is 0.465 e. The van der Waals surface area contributed by atoms with E-state index in [4.69, 9.17) is 4.74 Å². The second kappa shape index (κ2) is 7.56. The smallest absolute Gasteiger partial charge is 0.326 e. The molecule has 0 bridgehead atoms. The molecule has 6 nitrogen and oxygen atoms in total. The van der Waals surface area contributed by atoms with Gasteiger partial charge in [-0.15, -0.1) is 0 Å². The molecule has 7 heteroatoms. The highest BCUT2D eigenvalue weighted by Gasteiger charge is 2.36. The van der Waals surface area contributed by atoms with Crippen molar-refractivity contribution in [2.24, 2.45) is 0 Å². The number of likely N-dealkylation sites (N-methyl/N-ethyl adjacent to an activating group) is 1. The van der Waals surface area contributed by atoms with Crippen LogP contribution < -0.4 is 5.32 Å². The predicted molar refractivity (Wildman–Crippen MR) is 83.0 cm³/mol. The lowest BCUT2D eigenvalue weighted by atomic mass is 9.93. The third kappa shape index (κ3) is 5.23. The number of nitrogens with zero attached hydrogens (tertiary/aromatic N) is 1. The van der Waals surface area contributed by atoms with E-state index >= 15 is 0 Å². The zero-order valence-corrected chi connectivity index (χ0v) is 14.3. The normalized spacial score (nSPS) is 23.8. The first-order valence-electron chi connectivity index (χ1n) is 7.54. The molecule has 1 aliphatic rings. The van der Waals surface area contributed by atoms with Crippen LogP contribution in [0.2, 0.25) is 0 Å². The van der Waals surface area contributed by atoms with Crippen LogP contribution in [0.5, 0.6) is 0 Å². The monoisotopic (exact) mass is 320 g/mol. The summed E-state index contributed by atoms with van der Waals surface area (Å²) in [6, 6.07) is 0.111. The van der Waals surface area contributed by atoms with Crippen LogP contribution in [-0.4, -0.2) is 69.1 Å². The second-order valence-electron chi connectivity index (χ2n) is 5.90. The highest BCUT2D eigenvalue weighted by atomic mass is 32.2. The highest BCUT2D eigenvalue weighted by molar-refractivity contribution is 7.91. The van der Waals surface area contributed by atoms with E-state index in [2.05, 4.69) is 10.2 Å². The van der Waals surface area contributed by atoms with Crippen molar-refractivity contribution < 1.29 is 17.9 Å². The maximum Gasteiger partial charge on any atom is 0.326 e. The Labute approximate surface area is 128 Å². The SMILES string of the molecule is CCOC(=O)C(C)(CC(C)N1CCCS(=O)(=O)CC1)NC. The minimum absolute atomic E-state index is 0.111. The maximum atomic E-state index is 12.1. The molecule has 2 unspecified atom stereocenters. The summed E-state index contributed by atoms with van der Waals surface area (Å²) in [5.41, 5.74) is -0.749. The molecule has 1 aliphatic heterocycles. The van der Waals surface area contributed by atoms with E-state index in [1.165, 1.54) is 0 Å². The van der Waals surface area contributed by atoms with Gasteiger partial charge in [-0.2, -0.15) is 0 Å². The molecule has 1 fully saturated rings. The Bertz CT molecular complexity index is 452. The van der Waals surface area contributed by atoms with Crippen LogP contribution in [0.15, 0.2) is 0 Å². The maximum absolute atomic E-state index is 12.1. The summed E-state index contributed by atoms with van der Waals surface area (Å²) in [7, 11) is -1.16. The van der Waals surface area contributed by atoms with Gasteiger partial charge in [0.2, 0.25) is 0 Å². The third-order valence-electron chi connectivity index (χ3n) is 4.19. The molecule has 0 aliphatic carbocycles. The molecule has 21 heavy (non-hydrogen) atoms. The molecule has 0 radical (unpaired) electrons. The number of carbonyl (C=O) groups is 1. The first kappa shape index (κ1) is 18.4. The molecular weight excluding hydrogens is 292 g/mol. The number of sulfone groups is 1. The average molecular weight is 320 g/mol. The van der Waals surface area contributed by atoms with Crippen molar-refractivity contribution in [3.05, 3.63) is 0 Å². The molecule has 0 amide bonds. The summed E-state index contributed by atoms with van der Waals surface area (Å²) in [6.45, 7) is 7.29. The van der Waals surface area contributed by atoms with Crippen LogP contribution in [0.3, 0.4) is 0 Å². The van der Waals surface area contributed by atoms with Crippen LogP contribution >= 0.6 is 0 Å². The minimum Gasteiger partial charge on any atom is -0.465 e. The summed E-state index contributed by atoms with van der Waals surface area (Å²) in [6.07, 6.45) is 1.24. The lowest BCUT2D eigenvalue weighted by Gasteiger charge is -2.34. The van der Waals surface area contributed by atoms with Gasteiger partial charge >= 0.3 is 5.97 Å². The van der Waals surface area contributed by atoms with Crippen molar-refractivity contribution in [1.82, 2.24) is 10.2 Å². The summed E-state index contributed by atoms with van der Waals surface area (Å²) < 4.78 is 28.4. The third-order valence-corrected chi connectivity index (χ3v) is 5.91. The van der Waals surface area contributed by atoms with Gasteiger partial charge in [0.05, 0.1) is 18.1 Å². The molecular formula is C14H28N2O4S. The van der Waals surface area contributed by atoms with Gasteiger partial charge in [0, 0.05) is 12.6 Å². The van der Waals surface area contributed by atoms with Crippen LogP contribution in [0.25, 0.3) is 0 Å². The van der Waals surface area contributed by atoms with Gasteiger partial charge in [-0.3, -0.25) is 9.69 Å².